The molecule has 0 radical (unpaired) electrons. The number of carbonyl (C=O) groups is 2. The molecule has 10 heteroatoms. The van der Waals surface area contributed by atoms with E-state index in [1.54, 1.807) is 35.8 Å². The van der Waals surface area contributed by atoms with Gasteiger partial charge >= 0.3 is 0 Å². The number of rotatable bonds is 5. The third-order valence-corrected chi connectivity index (χ3v) is 7.39. The maximum Gasteiger partial charge on any atom is 0.272 e. The molecule has 3 N–H and O–H groups in total. The van der Waals surface area contributed by atoms with Crippen LogP contribution in [0.1, 0.15) is 29.3 Å². The van der Waals surface area contributed by atoms with Crippen LogP contribution < -0.4 is 20.7 Å². The number of hydrogen-bond acceptors (Lipinski definition) is 8. The smallest absolute Gasteiger partial charge is 0.272 e. The van der Waals surface area contributed by atoms with Crippen molar-refractivity contribution in [2.24, 2.45) is 4.99 Å². The van der Waals surface area contributed by atoms with Gasteiger partial charge in [0.25, 0.3) is 11.8 Å². The van der Waals surface area contributed by atoms with Crippen molar-refractivity contribution < 1.29 is 14.3 Å². The number of amides is 2. The molecule has 0 bridgehead atoms. The van der Waals surface area contributed by atoms with E-state index in [1.807, 2.05) is 13.0 Å². The van der Waals surface area contributed by atoms with Crippen molar-refractivity contribution >= 4 is 29.3 Å². The zero-order chi connectivity index (χ0) is 22.9. The molecule has 1 aromatic rings. The van der Waals surface area contributed by atoms with E-state index in [2.05, 4.69) is 25.8 Å². The van der Waals surface area contributed by atoms with E-state index in [0.717, 1.165) is 55.3 Å². The Morgan fingerprint density at radius 1 is 1.30 bits per heavy atom. The summed E-state index contributed by atoms with van der Waals surface area (Å²) in [4.78, 5) is 34.6. The summed E-state index contributed by atoms with van der Waals surface area (Å²) < 4.78 is 5.28. The molecule has 0 spiro atoms. The maximum absolute atomic E-state index is 13.1. The van der Waals surface area contributed by atoms with Gasteiger partial charge in [-0.1, -0.05) is 11.8 Å². The fraction of sp³-hybridized carbons (Fsp3) is 0.435. The van der Waals surface area contributed by atoms with Gasteiger partial charge in [0.1, 0.15) is 11.4 Å². The Balaban J connectivity index is 1.23. The number of piperazine rings is 1. The van der Waals surface area contributed by atoms with Crippen molar-refractivity contribution in [3.8, 4) is 5.75 Å². The number of carbonyl (C=O) groups excluding carboxylic acids is 2. The van der Waals surface area contributed by atoms with Crippen LogP contribution in [0.15, 0.2) is 46.2 Å². The van der Waals surface area contributed by atoms with Gasteiger partial charge in [-0.3, -0.25) is 19.5 Å². The fourth-order valence-electron chi connectivity index (χ4n) is 4.58. The van der Waals surface area contributed by atoms with Crippen LogP contribution in [0.2, 0.25) is 0 Å². The summed E-state index contributed by atoms with van der Waals surface area (Å²) in [7, 11) is 1.61. The molecule has 0 saturated carbocycles. The molecule has 5 rings (SSSR count). The lowest BCUT2D eigenvalue weighted by Crippen LogP contribution is -2.52. The number of nitrogens with one attached hydrogen (secondary N) is 3. The van der Waals surface area contributed by atoms with Crippen LogP contribution in [0.4, 0.5) is 0 Å². The van der Waals surface area contributed by atoms with Crippen LogP contribution in [0.5, 0.6) is 5.75 Å². The minimum atomic E-state index is -0.332. The lowest BCUT2D eigenvalue weighted by molar-refractivity contribution is -0.117. The average Bonchev–Trinajstić information content (AvgIpc) is 3.45. The largest absolute Gasteiger partial charge is 0.497 e. The number of benzene rings is 1. The van der Waals surface area contributed by atoms with Crippen LogP contribution >= 0.6 is 11.8 Å². The Morgan fingerprint density at radius 3 is 2.91 bits per heavy atom. The number of nitrogens with zero attached hydrogens (tertiary/aromatic N) is 3. The van der Waals surface area contributed by atoms with Crippen LogP contribution in [0, 0.1) is 0 Å². The monoisotopic (exact) mass is 468 g/mol. The first-order valence-corrected chi connectivity index (χ1v) is 12.1. The summed E-state index contributed by atoms with van der Waals surface area (Å²) in [6.07, 6.45) is 2.58. The number of hydrogen-bond donors (Lipinski definition) is 3. The predicted molar refractivity (Wildman–Crippen MR) is 128 cm³/mol. The fourth-order valence-corrected chi connectivity index (χ4v) is 5.53. The van der Waals surface area contributed by atoms with Gasteiger partial charge in [-0.05, 0) is 30.7 Å². The summed E-state index contributed by atoms with van der Waals surface area (Å²) in [6, 6.07) is 5.60. The van der Waals surface area contributed by atoms with Gasteiger partial charge in [0, 0.05) is 62.0 Å². The second kappa shape index (κ2) is 9.20. The molecule has 0 aromatic heterocycles. The molecule has 1 fully saturated rings. The molecule has 1 aromatic carbocycles. The van der Waals surface area contributed by atoms with E-state index in [1.165, 1.54) is 11.8 Å². The van der Waals surface area contributed by atoms with Gasteiger partial charge in [0.05, 0.1) is 18.8 Å². The Kier molecular flexibility index (Phi) is 6.13. The van der Waals surface area contributed by atoms with Crippen molar-refractivity contribution in [3.63, 3.8) is 0 Å². The first-order valence-electron chi connectivity index (χ1n) is 11.1. The van der Waals surface area contributed by atoms with Crippen LogP contribution in [0.25, 0.3) is 0 Å². The van der Waals surface area contributed by atoms with E-state index in [-0.39, 0.29) is 23.4 Å². The first kappa shape index (κ1) is 22.0. The van der Waals surface area contributed by atoms with E-state index in [4.69, 9.17) is 4.74 Å². The number of ether oxygens (including phenoxy) is 1. The number of methoxy groups -OCH3 is 1. The van der Waals surface area contributed by atoms with Crippen LogP contribution in [-0.2, 0) is 11.3 Å². The molecule has 2 atom stereocenters. The van der Waals surface area contributed by atoms with Crippen molar-refractivity contribution in [2.45, 2.75) is 31.4 Å². The molecule has 4 heterocycles. The first-order chi connectivity index (χ1) is 16.0. The minimum absolute atomic E-state index is 0.0497. The normalized spacial score (nSPS) is 25.1. The van der Waals surface area contributed by atoms with Gasteiger partial charge in [-0.2, -0.15) is 0 Å². The molecule has 174 valence electrons. The lowest BCUT2D eigenvalue weighted by atomic mass is 10.0. The molecule has 33 heavy (non-hydrogen) atoms. The molecule has 9 nitrogen and oxygen atoms in total. The highest BCUT2D eigenvalue weighted by molar-refractivity contribution is 8.02. The lowest BCUT2D eigenvalue weighted by Gasteiger charge is -2.37. The van der Waals surface area contributed by atoms with Gasteiger partial charge in [0.15, 0.2) is 5.50 Å². The highest BCUT2D eigenvalue weighted by atomic mass is 32.2. The third kappa shape index (κ3) is 4.38. The van der Waals surface area contributed by atoms with Crippen molar-refractivity contribution in [1.82, 2.24) is 25.8 Å². The Bertz CT molecular complexity index is 1060. The summed E-state index contributed by atoms with van der Waals surface area (Å²) in [5, 5.41) is 11.5. The summed E-state index contributed by atoms with van der Waals surface area (Å²) >= 11 is 1.43. The molecule has 0 aliphatic carbocycles. The molecular weight excluding hydrogens is 440 g/mol. The second-order valence-electron chi connectivity index (χ2n) is 8.53. The topological polar surface area (TPSA) is 98.3 Å². The molecule has 4 aliphatic heterocycles. The summed E-state index contributed by atoms with van der Waals surface area (Å²) in [5.74, 6) is 0.467. The third-order valence-electron chi connectivity index (χ3n) is 6.39. The zero-order valence-corrected chi connectivity index (χ0v) is 19.6. The number of aliphatic imine (C=N–C) groups is 1. The SMILES string of the molecule is COc1ccc2c(c1)CN(C1NC(C(=O)NC3=CN=C(C)CC3N3CCNCC3)=CS1)C2=O. The van der Waals surface area contributed by atoms with Crippen molar-refractivity contribution in [2.75, 3.05) is 33.3 Å². The van der Waals surface area contributed by atoms with Gasteiger partial charge in [-0.25, -0.2) is 0 Å². The molecule has 4 aliphatic rings. The zero-order valence-electron chi connectivity index (χ0n) is 18.8. The predicted octanol–water partition coefficient (Wildman–Crippen LogP) is 1.21. The number of thioether (sulfide) groups is 1. The Morgan fingerprint density at radius 2 is 2.12 bits per heavy atom. The summed E-state index contributed by atoms with van der Waals surface area (Å²) in [5.41, 5.74) is 3.61. The van der Waals surface area contributed by atoms with Crippen molar-refractivity contribution in [3.05, 3.63) is 52.3 Å². The van der Waals surface area contributed by atoms with E-state index >= 15 is 0 Å². The molecule has 2 unspecified atom stereocenters. The molecular formula is C23H28N6O3S. The van der Waals surface area contributed by atoms with E-state index in [0.29, 0.717) is 17.8 Å². The van der Waals surface area contributed by atoms with Gasteiger partial charge < -0.3 is 25.6 Å². The molecule has 1 saturated heterocycles. The molecule has 2 amide bonds. The Hall–Kier alpha value is -2.82. The standard InChI is InChI=1S/C23H28N6O3S/c1-14-9-20(28-7-5-24-6-8-28)18(11-25-14)26-21(30)19-13-33-23(27-19)29-12-15-10-16(32-2)3-4-17(15)22(29)31/h3-4,10-11,13,20,23-24,27H,5-9,12H2,1-2H3,(H,26,30). The minimum Gasteiger partial charge on any atom is -0.497 e. The quantitative estimate of drug-likeness (QED) is 0.598. The highest BCUT2D eigenvalue weighted by Crippen LogP contribution is 2.33. The van der Waals surface area contributed by atoms with E-state index < -0.39 is 0 Å². The number of fused-ring (bicyclic) bond motifs is 1. The van der Waals surface area contributed by atoms with Gasteiger partial charge in [0.2, 0.25) is 0 Å². The Labute approximate surface area is 197 Å². The average molecular weight is 469 g/mol. The second-order valence-corrected chi connectivity index (χ2v) is 9.48. The maximum atomic E-state index is 13.1. The van der Waals surface area contributed by atoms with Crippen molar-refractivity contribution in [1.29, 1.82) is 0 Å². The van der Waals surface area contributed by atoms with Crippen LogP contribution in [0.3, 0.4) is 0 Å². The summed E-state index contributed by atoms with van der Waals surface area (Å²) in [6.45, 7) is 6.25. The van der Waals surface area contributed by atoms with Gasteiger partial charge in [-0.15, -0.1) is 0 Å². The van der Waals surface area contributed by atoms with E-state index in [9.17, 15) is 9.59 Å². The van der Waals surface area contributed by atoms with Crippen LogP contribution in [-0.4, -0.2) is 72.2 Å². The highest BCUT2D eigenvalue weighted by Gasteiger charge is 2.37.